The largest absolute Gasteiger partial charge is 0.496 e. The molecule has 2 heterocycles. The second kappa shape index (κ2) is 9.88. The number of pyridine rings is 1. The SMILES string of the molecule is C=CCn1c(SCC(=O)N(C)Cc2ccccc2OC)nnc1-c1ccncc1. The van der Waals surface area contributed by atoms with Crippen molar-refractivity contribution in [3.8, 4) is 17.1 Å². The van der Waals surface area contributed by atoms with Crippen molar-refractivity contribution in [1.29, 1.82) is 0 Å². The molecule has 0 atom stereocenters. The molecular formula is C21H23N5O2S. The summed E-state index contributed by atoms with van der Waals surface area (Å²) in [6.45, 7) is 4.84. The first-order valence-electron chi connectivity index (χ1n) is 9.07. The molecule has 29 heavy (non-hydrogen) atoms. The second-order valence-electron chi connectivity index (χ2n) is 6.29. The van der Waals surface area contributed by atoms with Crippen LogP contribution in [0.5, 0.6) is 5.75 Å². The smallest absolute Gasteiger partial charge is 0.233 e. The number of ether oxygens (including phenoxy) is 1. The van der Waals surface area contributed by atoms with Gasteiger partial charge in [0.25, 0.3) is 0 Å². The average Bonchev–Trinajstić information content (AvgIpc) is 3.15. The third-order valence-corrected chi connectivity index (χ3v) is 5.27. The molecule has 0 radical (unpaired) electrons. The topological polar surface area (TPSA) is 73.1 Å². The van der Waals surface area contributed by atoms with Crippen LogP contribution < -0.4 is 4.74 Å². The number of hydrogen-bond acceptors (Lipinski definition) is 6. The molecule has 0 fully saturated rings. The van der Waals surface area contributed by atoms with E-state index in [2.05, 4.69) is 21.8 Å². The monoisotopic (exact) mass is 409 g/mol. The number of rotatable bonds is 9. The summed E-state index contributed by atoms with van der Waals surface area (Å²) in [7, 11) is 3.41. The molecule has 150 valence electrons. The Morgan fingerprint density at radius 3 is 2.72 bits per heavy atom. The van der Waals surface area contributed by atoms with Gasteiger partial charge in [0, 0.05) is 43.7 Å². The Hall–Kier alpha value is -3.13. The molecule has 0 aliphatic heterocycles. The summed E-state index contributed by atoms with van der Waals surface area (Å²) < 4.78 is 7.31. The predicted octanol–water partition coefficient (Wildman–Crippen LogP) is 3.29. The first kappa shape index (κ1) is 20.6. The third-order valence-electron chi connectivity index (χ3n) is 4.32. The molecular weight excluding hydrogens is 386 g/mol. The first-order chi connectivity index (χ1) is 14.1. The normalized spacial score (nSPS) is 10.6. The Labute approximate surface area is 174 Å². The van der Waals surface area contributed by atoms with Gasteiger partial charge in [0.2, 0.25) is 5.91 Å². The van der Waals surface area contributed by atoms with Gasteiger partial charge in [0.15, 0.2) is 11.0 Å². The highest BCUT2D eigenvalue weighted by molar-refractivity contribution is 7.99. The highest BCUT2D eigenvalue weighted by Crippen LogP contribution is 2.24. The van der Waals surface area contributed by atoms with Crippen molar-refractivity contribution < 1.29 is 9.53 Å². The number of thioether (sulfide) groups is 1. The van der Waals surface area contributed by atoms with Crippen LogP contribution in [0.15, 0.2) is 66.6 Å². The van der Waals surface area contributed by atoms with Gasteiger partial charge in [0.1, 0.15) is 5.75 Å². The number of allylic oxidation sites excluding steroid dienone is 1. The molecule has 2 aromatic heterocycles. The zero-order chi connectivity index (χ0) is 20.6. The van der Waals surface area contributed by atoms with Crippen LogP contribution in [-0.2, 0) is 17.9 Å². The number of carbonyl (C=O) groups is 1. The van der Waals surface area contributed by atoms with Gasteiger partial charge in [0.05, 0.1) is 12.9 Å². The molecule has 0 unspecified atom stereocenters. The van der Waals surface area contributed by atoms with E-state index < -0.39 is 0 Å². The van der Waals surface area contributed by atoms with E-state index in [1.807, 2.05) is 41.0 Å². The zero-order valence-corrected chi connectivity index (χ0v) is 17.3. The van der Waals surface area contributed by atoms with Crippen molar-refractivity contribution in [2.45, 2.75) is 18.2 Å². The number of amides is 1. The van der Waals surface area contributed by atoms with E-state index in [9.17, 15) is 4.79 Å². The lowest BCUT2D eigenvalue weighted by molar-refractivity contribution is -0.127. The minimum absolute atomic E-state index is 0.000444. The second-order valence-corrected chi connectivity index (χ2v) is 7.23. The summed E-state index contributed by atoms with van der Waals surface area (Å²) in [6, 6.07) is 11.4. The molecule has 0 aliphatic carbocycles. The van der Waals surface area contributed by atoms with Gasteiger partial charge in [-0.15, -0.1) is 16.8 Å². The molecule has 7 nitrogen and oxygen atoms in total. The van der Waals surface area contributed by atoms with Gasteiger partial charge in [-0.25, -0.2) is 0 Å². The number of hydrogen-bond donors (Lipinski definition) is 0. The van der Waals surface area contributed by atoms with Crippen LogP contribution in [0.3, 0.4) is 0 Å². The lowest BCUT2D eigenvalue weighted by Gasteiger charge is -2.18. The number of nitrogens with zero attached hydrogens (tertiary/aromatic N) is 5. The van der Waals surface area contributed by atoms with Crippen LogP contribution >= 0.6 is 11.8 Å². The van der Waals surface area contributed by atoms with Crippen molar-refractivity contribution in [3.63, 3.8) is 0 Å². The van der Waals surface area contributed by atoms with Gasteiger partial charge in [-0.05, 0) is 18.2 Å². The van der Waals surface area contributed by atoms with Crippen molar-refractivity contribution in [1.82, 2.24) is 24.6 Å². The van der Waals surface area contributed by atoms with Gasteiger partial charge >= 0.3 is 0 Å². The van der Waals surface area contributed by atoms with Gasteiger partial charge in [-0.1, -0.05) is 36.0 Å². The molecule has 0 bridgehead atoms. The number of aromatic nitrogens is 4. The Morgan fingerprint density at radius 1 is 1.24 bits per heavy atom. The maximum absolute atomic E-state index is 12.6. The van der Waals surface area contributed by atoms with Gasteiger partial charge in [-0.2, -0.15) is 0 Å². The Balaban J connectivity index is 1.68. The summed E-state index contributed by atoms with van der Waals surface area (Å²) in [5.74, 6) is 1.76. The Kier molecular flexibility index (Phi) is 7.02. The molecule has 0 N–H and O–H groups in total. The van der Waals surface area contributed by atoms with Crippen LogP contribution in [0.25, 0.3) is 11.4 Å². The molecule has 1 amide bonds. The van der Waals surface area contributed by atoms with Crippen LogP contribution in [0, 0.1) is 0 Å². The van der Waals surface area contributed by atoms with Crippen molar-refractivity contribution in [2.75, 3.05) is 19.9 Å². The molecule has 0 saturated heterocycles. The van der Waals surface area contributed by atoms with Crippen LogP contribution in [0.2, 0.25) is 0 Å². The number of methoxy groups -OCH3 is 1. The summed E-state index contributed by atoms with van der Waals surface area (Å²) in [4.78, 5) is 18.4. The maximum Gasteiger partial charge on any atom is 0.233 e. The fourth-order valence-electron chi connectivity index (χ4n) is 2.82. The molecule has 8 heteroatoms. The third kappa shape index (κ3) is 5.03. The van der Waals surface area contributed by atoms with E-state index in [0.717, 1.165) is 22.7 Å². The quantitative estimate of drug-likeness (QED) is 0.399. The van der Waals surface area contributed by atoms with Crippen LogP contribution in [-0.4, -0.2) is 50.5 Å². The number of para-hydroxylation sites is 1. The fraction of sp³-hybridized carbons (Fsp3) is 0.238. The minimum atomic E-state index is -0.000444. The standard InChI is InChI=1S/C21H23N5O2S/c1-4-13-26-20(16-9-11-22-12-10-16)23-24-21(26)29-15-19(27)25(2)14-17-7-5-6-8-18(17)28-3/h4-12H,1,13-15H2,2-3H3. The van der Waals surface area contributed by atoms with Crippen LogP contribution in [0.1, 0.15) is 5.56 Å². The summed E-state index contributed by atoms with van der Waals surface area (Å²) >= 11 is 1.36. The van der Waals surface area contributed by atoms with Gasteiger partial charge in [-0.3, -0.25) is 14.3 Å². The zero-order valence-electron chi connectivity index (χ0n) is 16.5. The molecule has 0 spiro atoms. The highest BCUT2D eigenvalue weighted by atomic mass is 32.2. The first-order valence-corrected chi connectivity index (χ1v) is 10.1. The molecule has 3 rings (SSSR count). The van der Waals surface area contributed by atoms with E-state index in [0.29, 0.717) is 18.2 Å². The molecule has 0 aliphatic rings. The van der Waals surface area contributed by atoms with E-state index in [1.165, 1.54) is 11.8 Å². The molecule has 0 saturated carbocycles. The molecule has 3 aromatic rings. The summed E-state index contributed by atoms with van der Waals surface area (Å²) in [5.41, 5.74) is 1.88. The summed E-state index contributed by atoms with van der Waals surface area (Å²) in [5, 5.41) is 9.24. The van der Waals surface area contributed by atoms with Crippen molar-refractivity contribution >= 4 is 17.7 Å². The van der Waals surface area contributed by atoms with E-state index in [4.69, 9.17) is 4.74 Å². The average molecular weight is 410 g/mol. The minimum Gasteiger partial charge on any atom is -0.496 e. The summed E-state index contributed by atoms with van der Waals surface area (Å²) in [6.07, 6.45) is 5.21. The highest BCUT2D eigenvalue weighted by Gasteiger charge is 2.17. The van der Waals surface area contributed by atoms with E-state index in [1.54, 1.807) is 37.5 Å². The number of benzene rings is 1. The van der Waals surface area contributed by atoms with Crippen LogP contribution in [0.4, 0.5) is 0 Å². The lowest BCUT2D eigenvalue weighted by atomic mass is 10.2. The Bertz CT molecular complexity index is 974. The maximum atomic E-state index is 12.6. The molecule has 1 aromatic carbocycles. The lowest BCUT2D eigenvalue weighted by Crippen LogP contribution is -2.28. The van der Waals surface area contributed by atoms with Crippen molar-refractivity contribution in [3.05, 3.63) is 67.0 Å². The van der Waals surface area contributed by atoms with E-state index in [-0.39, 0.29) is 11.7 Å². The van der Waals surface area contributed by atoms with Gasteiger partial charge < -0.3 is 9.64 Å². The predicted molar refractivity (Wildman–Crippen MR) is 114 cm³/mol. The van der Waals surface area contributed by atoms with Crippen molar-refractivity contribution in [2.24, 2.45) is 0 Å². The fourth-order valence-corrected chi connectivity index (χ4v) is 3.71. The number of carbonyl (C=O) groups excluding carboxylic acids is 1. The van der Waals surface area contributed by atoms with E-state index >= 15 is 0 Å². The Morgan fingerprint density at radius 2 is 2.00 bits per heavy atom.